The van der Waals surface area contributed by atoms with Gasteiger partial charge < -0.3 is 0 Å². The maximum absolute atomic E-state index is 7.65. The number of rotatable bonds is 0. The number of halogens is 1. The van der Waals surface area contributed by atoms with Crippen LogP contribution < -0.4 is 0 Å². The molecule has 0 rings (SSSR count). The molecule has 0 aromatic carbocycles. The summed E-state index contributed by atoms with van der Waals surface area (Å²) in [5.41, 5.74) is 0. The van der Waals surface area contributed by atoms with Gasteiger partial charge in [-0.3, -0.25) is 0 Å². The van der Waals surface area contributed by atoms with Gasteiger partial charge in [-0.15, -0.1) is 0 Å². The predicted octanol–water partition coefficient (Wildman–Crippen LogP) is 0.201. The number of hydrogen-bond acceptors (Lipinski definition) is 2. The molecule has 0 heterocycles. The van der Waals surface area contributed by atoms with Crippen molar-refractivity contribution in [1.29, 1.82) is 0 Å². The molecule has 0 aromatic rings. The first-order chi connectivity index (χ1) is 2.27. The van der Waals surface area contributed by atoms with Gasteiger partial charge in [-0.05, 0) is 0 Å². The molecule has 0 fully saturated rings. The summed E-state index contributed by atoms with van der Waals surface area (Å²) in [6.07, 6.45) is 0. The first kappa shape index (κ1) is 4.75. The van der Waals surface area contributed by atoms with Crippen molar-refractivity contribution in [3.8, 4) is 0 Å². The van der Waals surface area contributed by atoms with E-state index in [1.807, 2.05) is 0 Å². The van der Waals surface area contributed by atoms with Crippen LogP contribution in [-0.2, 0) is 0 Å². The van der Waals surface area contributed by atoms with Crippen molar-refractivity contribution in [2.24, 2.45) is 0 Å². The molecule has 0 amide bonds. The topological polar surface area (TPSA) is 43.5 Å². The second-order valence-electron chi connectivity index (χ2n) is 0.418. The maximum atomic E-state index is 7.65. The van der Waals surface area contributed by atoms with E-state index < -0.39 is 0 Å². The average Bonchev–Trinajstić information content (AvgIpc) is 1.38. The van der Waals surface area contributed by atoms with Crippen molar-refractivity contribution in [2.75, 3.05) is 0 Å². The lowest BCUT2D eigenvalue weighted by molar-refractivity contribution is -0.951. The van der Waals surface area contributed by atoms with Crippen molar-refractivity contribution >= 4 is 21.1 Å². The molecule has 3 nitrogen and oxygen atoms in total. The Labute approximate surface area is 37.2 Å². The molecule has 0 spiro atoms. The normalized spacial score (nSPS) is 6.60. The summed E-state index contributed by atoms with van der Waals surface area (Å²) in [7, 11) is 0. The van der Waals surface area contributed by atoms with Gasteiger partial charge in [0.05, 0.1) is 0 Å². The molecule has 0 radical (unpaired) electrons. The van der Waals surface area contributed by atoms with Crippen LogP contribution in [0.3, 0.4) is 0 Å². The van der Waals surface area contributed by atoms with E-state index in [-0.39, 0.29) is 4.90 Å². The molecule has 0 bridgehead atoms. The van der Waals surface area contributed by atoms with Crippen LogP contribution in [-0.4, -0.2) is 20.4 Å². The summed E-state index contributed by atoms with van der Waals surface area (Å²) >= 11 is 2.61. The highest BCUT2D eigenvalue weighted by molar-refractivity contribution is 9.17. The third-order valence-electron chi connectivity index (χ3n) is 0.0873. The summed E-state index contributed by atoms with van der Waals surface area (Å²) < 4.78 is 0. The van der Waals surface area contributed by atoms with Gasteiger partial charge in [0.2, 0.25) is 0 Å². The highest BCUT2D eigenvalue weighted by Crippen LogP contribution is 1.61. The van der Waals surface area contributed by atoms with Crippen LogP contribution in [0.5, 0.6) is 0 Å². The highest BCUT2D eigenvalue weighted by Gasteiger charge is 1.77. The van der Waals surface area contributed by atoms with Crippen LogP contribution in [0.2, 0.25) is 0 Å². The van der Waals surface area contributed by atoms with Gasteiger partial charge in [-0.25, -0.2) is 10.4 Å². The van der Waals surface area contributed by atoms with Gasteiger partial charge in [0.25, 0.3) is 0 Å². The number of nitrogens with zero attached hydrogens (tertiary/aromatic N) is 1. The molecule has 2 N–H and O–H groups in total. The van der Waals surface area contributed by atoms with Crippen molar-refractivity contribution < 1.29 is 15.3 Å². The molecule has 4 heteroatoms. The van der Waals surface area contributed by atoms with Crippen molar-refractivity contribution in [1.82, 2.24) is 0 Å². The third-order valence-corrected chi connectivity index (χ3v) is 0.454. The molecule has 0 aromatic heterocycles. The summed E-state index contributed by atoms with van der Waals surface area (Å²) in [5.74, 6) is 0. The van der Waals surface area contributed by atoms with Crippen molar-refractivity contribution in [2.45, 2.75) is 0 Å². The average molecular weight is 141 g/mol. The van der Waals surface area contributed by atoms with E-state index in [1.165, 1.54) is 0 Å². The Hall–Kier alpha value is -0.250. The highest BCUT2D eigenvalue weighted by atomic mass is 79.9. The first-order valence-electron chi connectivity index (χ1n) is 0.876. The fourth-order valence-electron chi connectivity index (χ4n) is 0. The molecule has 30 valence electrons. The van der Waals surface area contributed by atoms with Crippen LogP contribution in [0, 0.1) is 0 Å². The largest absolute Gasteiger partial charge is 0.317 e. The van der Waals surface area contributed by atoms with Crippen molar-refractivity contribution in [3.63, 3.8) is 0 Å². The molecule has 0 saturated carbocycles. The minimum Gasteiger partial charge on any atom is -0.244 e. The van der Waals surface area contributed by atoms with E-state index >= 15 is 0 Å². The van der Waals surface area contributed by atoms with Crippen molar-refractivity contribution in [3.05, 3.63) is 0 Å². The SMILES string of the molecule is O[N+](O)=CBr. The number of hydrogen-bond donors (Lipinski definition) is 2. The van der Waals surface area contributed by atoms with Gasteiger partial charge in [-0.2, -0.15) is 0 Å². The van der Waals surface area contributed by atoms with E-state index in [0.717, 1.165) is 5.12 Å². The zero-order valence-corrected chi connectivity index (χ0v) is 3.88. The Morgan fingerprint density at radius 3 is 1.80 bits per heavy atom. The van der Waals surface area contributed by atoms with Gasteiger partial charge in [0, 0.05) is 15.9 Å². The van der Waals surface area contributed by atoms with Crippen LogP contribution in [0.4, 0.5) is 0 Å². The summed E-state index contributed by atoms with van der Waals surface area (Å²) in [6.45, 7) is 0. The van der Waals surface area contributed by atoms with Gasteiger partial charge in [0.1, 0.15) is 0 Å². The lowest BCUT2D eigenvalue weighted by atomic mass is 11.7. The first-order valence-corrected chi connectivity index (χ1v) is 1.79. The van der Waals surface area contributed by atoms with Crippen LogP contribution in [0.1, 0.15) is 0 Å². The van der Waals surface area contributed by atoms with Crippen LogP contribution >= 0.6 is 15.9 Å². The predicted molar refractivity (Wildman–Crippen MR) is 18.8 cm³/mol. The van der Waals surface area contributed by atoms with Gasteiger partial charge in [-0.1, -0.05) is 0 Å². The molecular formula is CH3BrNO2+. The van der Waals surface area contributed by atoms with Crippen LogP contribution in [0.25, 0.3) is 0 Å². The Morgan fingerprint density at radius 2 is 1.80 bits per heavy atom. The van der Waals surface area contributed by atoms with Gasteiger partial charge in [0.15, 0.2) is 4.90 Å². The minimum absolute atomic E-state index is 0.0833. The fourth-order valence-corrected chi connectivity index (χ4v) is 0. The molecule has 0 aliphatic heterocycles. The molecule has 0 aliphatic carbocycles. The Morgan fingerprint density at radius 1 is 1.60 bits per heavy atom. The maximum Gasteiger partial charge on any atom is 0.317 e. The standard InChI is InChI=1S/CH3BrNO2/c2-1-3(4)5/h1,4-5H/q+1. The molecule has 0 atom stereocenters. The summed E-state index contributed by atoms with van der Waals surface area (Å²) in [5, 5.41) is 16.2. The second kappa shape index (κ2) is 2.02. The zero-order chi connectivity index (χ0) is 4.28. The molecule has 5 heavy (non-hydrogen) atoms. The Kier molecular flexibility index (Phi) is 1.92. The fraction of sp³-hybridized carbons (Fsp3) is 0. The van der Waals surface area contributed by atoms with E-state index in [0.29, 0.717) is 0 Å². The van der Waals surface area contributed by atoms with Crippen LogP contribution in [0.15, 0.2) is 0 Å². The lowest BCUT2D eigenvalue weighted by Crippen LogP contribution is -1.94. The molecular weight excluding hydrogens is 138 g/mol. The third kappa shape index (κ3) is 3.75. The molecule has 0 unspecified atom stereocenters. The summed E-state index contributed by atoms with van der Waals surface area (Å²) in [4.78, 5) is -0.0833. The Balaban J connectivity index is 3.14. The lowest BCUT2D eigenvalue weighted by Gasteiger charge is -1.62. The monoisotopic (exact) mass is 140 g/mol. The quantitative estimate of drug-likeness (QED) is 0.287. The minimum atomic E-state index is -0.0833. The van der Waals surface area contributed by atoms with E-state index in [2.05, 4.69) is 15.9 Å². The molecule has 0 saturated heterocycles. The van der Waals surface area contributed by atoms with E-state index in [4.69, 9.17) is 10.4 Å². The summed E-state index contributed by atoms with van der Waals surface area (Å²) in [6, 6.07) is 0. The van der Waals surface area contributed by atoms with Gasteiger partial charge >= 0.3 is 5.12 Å². The zero-order valence-electron chi connectivity index (χ0n) is 2.30. The van der Waals surface area contributed by atoms with E-state index in [9.17, 15) is 0 Å². The van der Waals surface area contributed by atoms with E-state index in [1.54, 1.807) is 0 Å². The molecule has 0 aliphatic rings. The Bertz CT molecular complexity index is 47.6. The second-order valence-corrected chi connectivity index (χ2v) is 0.827. The smallest absolute Gasteiger partial charge is 0.244 e.